The highest BCUT2D eigenvalue weighted by Gasteiger charge is 2.46. The van der Waals surface area contributed by atoms with Crippen molar-refractivity contribution >= 4 is 6.09 Å². The summed E-state index contributed by atoms with van der Waals surface area (Å²) in [4.78, 5) is 14.4. The van der Waals surface area contributed by atoms with E-state index in [4.69, 9.17) is 4.74 Å². The molecular formula is C16H27NO2. The molecule has 0 N–H and O–H groups in total. The first kappa shape index (κ1) is 13.3. The Morgan fingerprint density at radius 3 is 2.16 bits per heavy atom. The molecule has 0 bridgehead atoms. The zero-order chi connectivity index (χ0) is 13.1. The van der Waals surface area contributed by atoms with Gasteiger partial charge in [0.05, 0.1) is 0 Å². The van der Waals surface area contributed by atoms with Crippen molar-refractivity contribution in [1.82, 2.24) is 4.90 Å². The normalized spacial score (nSPS) is 27.7. The fourth-order valence-electron chi connectivity index (χ4n) is 4.33. The lowest BCUT2D eigenvalue weighted by molar-refractivity contribution is -0.0455. The Morgan fingerprint density at radius 1 is 0.895 bits per heavy atom. The second-order valence-electron chi connectivity index (χ2n) is 6.67. The summed E-state index contributed by atoms with van der Waals surface area (Å²) >= 11 is 0. The fourth-order valence-corrected chi connectivity index (χ4v) is 4.33. The fraction of sp³-hybridized carbons (Fsp3) is 0.938. The summed E-state index contributed by atoms with van der Waals surface area (Å²) in [6, 6.07) is 0. The summed E-state index contributed by atoms with van der Waals surface area (Å²) in [5, 5.41) is 0. The van der Waals surface area contributed by atoms with Crippen LogP contribution in [0.2, 0.25) is 0 Å². The van der Waals surface area contributed by atoms with Gasteiger partial charge in [-0.1, -0.05) is 12.8 Å². The zero-order valence-electron chi connectivity index (χ0n) is 12.0. The van der Waals surface area contributed by atoms with E-state index >= 15 is 0 Å². The third kappa shape index (κ3) is 2.75. The van der Waals surface area contributed by atoms with E-state index < -0.39 is 0 Å². The Kier molecular flexibility index (Phi) is 3.99. The number of ether oxygens (including phenoxy) is 1. The average Bonchev–Trinajstić information content (AvgIpc) is 3.11. The van der Waals surface area contributed by atoms with Crippen molar-refractivity contribution in [3.8, 4) is 0 Å². The van der Waals surface area contributed by atoms with Gasteiger partial charge in [-0.05, 0) is 63.7 Å². The summed E-state index contributed by atoms with van der Waals surface area (Å²) in [5.41, 5.74) is -0.0922. The third-order valence-corrected chi connectivity index (χ3v) is 5.45. The molecule has 2 aliphatic carbocycles. The van der Waals surface area contributed by atoms with Crippen molar-refractivity contribution in [2.75, 3.05) is 13.1 Å². The van der Waals surface area contributed by atoms with Gasteiger partial charge in [0.1, 0.15) is 5.60 Å². The SMILES string of the molecule is O=C(OC1(C2CCCC2)CCCC1)N1CCCCC1. The number of carbonyl (C=O) groups excluding carboxylic acids is 1. The number of hydrogen-bond acceptors (Lipinski definition) is 2. The van der Waals surface area contributed by atoms with Gasteiger partial charge >= 0.3 is 6.09 Å². The first-order valence-corrected chi connectivity index (χ1v) is 8.28. The first-order chi connectivity index (χ1) is 9.30. The van der Waals surface area contributed by atoms with Gasteiger partial charge in [-0.15, -0.1) is 0 Å². The molecule has 0 radical (unpaired) electrons. The first-order valence-electron chi connectivity index (χ1n) is 8.28. The number of carbonyl (C=O) groups is 1. The van der Waals surface area contributed by atoms with Crippen molar-refractivity contribution in [3.63, 3.8) is 0 Å². The van der Waals surface area contributed by atoms with Crippen LogP contribution in [0.15, 0.2) is 0 Å². The summed E-state index contributed by atoms with van der Waals surface area (Å²) in [7, 11) is 0. The van der Waals surface area contributed by atoms with Gasteiger partial charge in [0.15, 0.2) is 0 Å². The molecule has 0 aromatic carbocycles. The highest BCUT2D eigenvalue weighted by atomic mass is 16.6. The minimum atomic E-state index is -0.0922. The smallest absolute Gasteiger partial charge is 0.410 e. The largest absolute Gasteiger partial charge is 0.443 e. The van der Waals surface area contributed by atoms with E-state index in [-0.39, 0.29) is 11.7 Å². The van der Waals surface area contributed by atoms with Crippen LogP contribution in [-0.2, 0) is 4.74 Å². The molecule has 1 saturated heterocycles. The molecule has 2 saturated carbocycles. The predicted octanol–water partition coefficient (Wildman–Crippen LogP) is 4.11. The summed E-state index contributed by atoms with van der Waals surface area (Å²) in [5.74, 6) is 0.642. The van der Waals surface area contributed by atoms with Crippen LogP contribution in [0.3, 0.4) is 0 Å². The maximum Gasteiger partial charge on any atom is 0.410 e. The Labute approximate surface area is 116 Å². The molecule has 0 spiro atoms. The van der Waals surface area contributed by atoms with Crippen LogP contribution in [0.5, 0.6) is 0 Å². The van der Waals surface area contributed by atoms with Crippen molar-refractivity contribution in [3.05, 3.63) is 0 Å². The molecule has 3 heteroatoms. The van der Waals surface area contributed by atoms with Crippen LogP contribution < -0.4 is 0 Å². The lowest BCUT2D eigenvalue weighted by atomic mass is 9.84. The van der Waals surface area contributed by atoms with Crippen LogP contribution in [-0.4, -0.2) is 29.7 Å². The van der Waals surface area contributed by atoms with E-state index in [1.54, 1.807) is 0 Å². The van der Waals surface area contributed by atoms with Gasteiger partial charge in [-0.3, -0.25) is 0 Å². The molecule has 0 atom stereocenters. The molecule has 0 aromatic rings. The lowest BCUT2D eigenvalue weighted by Gasteiger charge is -2.37. The van der Waals surface area contributed by atoms with Crippen LogP contribution >= 0.6 is 0 Å². The van der Waals surface area contributed by atoms with Crippen molar-refractivity contribution < 1.29 is 9.53 Å². The van der Waals surface area contributed by atoms with Crippen LogP contribution in [0, 0.1) is 5.92 Å². The molecule has 3 nitrogen and oxygen atoms in total. The topological polar surface area (TPSA) is 29.5 Å². The third-order valence-electron chi connectivity index (χ3n) is 5.45. The van der Waals surface area contributed by atoms with Gasteiger partial charge in [0.25, 0.3) is 0 Å². The molecule has 1 aliphatic heterocycles. The van der Waals surface area contributed by atoms with E-state index in [9.17, 15) is 4.79 Å². The molecule has 3 rings (SSSR count). The van der Waals surface area contributed by atoms with Gasteiger partial charge in [-0.2, -0.15) is 0 Å². The maximum absolute atomic E-state index is 12.4. The number of piperidine rings is 1. The molecule has 3 aliphatic rings. The number of rotatable bonds is 2. The van der Waals surface area contributed by atoms with E-state index in [2.05, 4.69) is 0 Å². The van der Waals surface area contributed by atoms with E-state index in [1.807, 2.05) is 4.90 Å². The van der Waals surface area contributed by atoms with Gasteiger partial charge in [0, 0.05) is 13.1 Å². The van der Waals surface area contributed by atoms with E-state index in [0.717, 1.165) is 38.8 Å². The molecule has 1 heterocycles. The average molecular weight is 265 g/mol. The van der Waals surface area contributed by atoms with Gasteiger partial charge in [0.2, 0.25) is 0 Å². The Hall–Kier alpha value is -0.730. The zero-order valence-corrected chi connectivity index (χ0v) is 12.0. The number of nitrogens with zero attached hydrogens (tertiary/aromatic N) is 1. The second-order valence-corrected chi connectivity index (χ2v) is 6.67. The number of likely N-dealkylation sites (tertiary alicyclic amines) is 1. The maximum atomic E-state index is 12.4. The molecule has 0 unspecified atom stereocenters. The van der Waals surface area contributed by atoms with Gasteiger partial charge < -0.3 is 9.64 Å². The molecule has 0 aromatic heterocycles. The standard InChI is InChI=1S/C16H27NO2/c18-15(17-12-6-1-7-13-17)19-16(10-4-5-11-16)14-8-2-3-9-14/h14H,1-13H2. The van der Waals surface area contributed by atoms with Crippen LogP contribution in [0.1, 0.15) is 70.6 Å². The highest BCUT2D eigenvalue weighted by Crippen LogP contribution is 2.46. The van der Waals surface area contributed by atoms with Crippen molar-refractivity contribution in [2.45, 2.75) is 76.2 Å². The molecule has 3 fully saturated rings. The second kappa shape index (κ2) is 5.72. The summed E-state index contributed by atoms with van der Waals surface area (Å²) in [6.45, 7) is 1.80. The van der Waals surface area contributed by atoms with Crippen molar-refractivity contribution in [1.29, 1.82) is 0 Å². The van der Waals surface area contributed by atoms with Crippen molar-refractivity contribution in [2.24, 2.45) is 5.92 Å². The highest BCUT2D eigenvalue weighted by molar-refractivity contribution is 5.68. The Balaban J connectivity index is 1.65. The summed E-state index contributed by atoms with van der Waals surface area (Å²) < 4.78 is 6.11. The quantitative estimate of drug-likeness (QED) is 0.752. The van der Waals surface area contributed by atoms with E-state index in [1.165, 1.54) is 44.9 Å². The molecule has 1 amide bonds. The molecule has 19 heavy (non-hydrogen) atoms. The van der Waals surface area contributed by atoms with Crippen LogP contribution in [0.25, 0.3) is 0 Å². The Morgan fingerprint density at radius 2 is 1.53 bits per heavy atom. The number of hydrogen-bond donors (Lipinski definition) is 0. The lowest BCUT2D eigenvalue weighted by Crippen LogP contribution is -2.45. The van der Waals surface area contributed by atoms with Crippen LogP contribution in [0.4, 0.5) is 4.79 Å². The minimum Gasteiger partial charge on any atom is -0.443 e. The molecule has 108 valence electrons. The van der Waals surface area contributed by atoms with Gasteiger partial charge in [-0.25, -0.2) is 4.79 Å². The molecular weight excluding hydrogens is 238 g/mol. The minimum absolute atomic E-state index is 0.0199. The summed E-state index contributed by atoms with van der Waals surface area (Å²) in [6.07, 6.45) is 13.4. The predicted molar refractivity (Wildman–Crippen MR) is 75.1 cm³/mol. The Bertz CT molecular complexity index is 311. The monoisotopic (exact) mass is 265 g/mol. The van der Waals surface area contributed by atoms with E-state index in [0.29, 0.717) is 5.92 Å². The number of amides is 1.